The van der Waals surface area contributed by atoms with E-state index in [0.717, 1.165) is 42.5 Å². The van der Waals surface area contributed by atoms with Crippen molar-refractivity contribution in [3.05, 3.63) is 35.0 Å². The van der Waals surface area contributed by atoms with E-state index in [4.69, 9.17) is 11.6 Å². The fourth-order valence-electron chi connectivity index (χ4n) is 3.18. The van der Waals surface area contributed by atoms with Crippen LogP contribution in [0.15, 0.2) is 24.4 Å². The Morgan fingerprint density at radius 1 is 1.32 bits per heavy atom. The van der Waals surface area contributed by atoms with Gasteiger partial charge in [-0.1, -0.05) is 11.6 Å². The number of benzene rings is 1. The van der Waals surface area contributed by atoms with Crippen LogP contribution in [0.25, 0.3) is 10.9 Å². The molecule has 4 nitrogen and oxygen atoms in total. The summed E-state index contributed by atoms with van der Waals surface area (Å²) < 4.78 is 0. The van der Waals surface area contributed by atoms with Gasteiger partial charge < -0.3 is 9.80 Å². The van der Waals surface area contributed by atoms with Crippen LogP contribution in [0.5, 0.6) is 0 Å². The molecule has 0 aliphatic carbocycles. The molecule has 1 fully saturated rings. The van der Waals surface area contributed by atoms with Crippen molar-refractivity contribution in [3.8, 4) is 6.07 Å². The van der Waals surface area contributed by atoms with Crippen LogP contribution in [0.2, 0.25) is 5.02 Å². The van der Waals surface area contributed by atoms with Crippen molar-refractivity contribution in [2.75, 3.05) is 32.1 Å². The second-order valence-electron chi connectivity index (χ2n) is 5.98. The molecule has 2 aromatic rings. The highest BCUT2D eigenvalue weighted by Crippen LogP contribution is 2.33. The Labute approximate surface area is 135 Å². The van der Waals surface area contributed by atoms with Crippen molar-refractivity contribution in [2.24, 2.45) is 0 Å². The lowest BCUT2D eigenvalue weighted by atomic mass is 10.0. The van der Waals surface area contributed by atoms with Crippen molar-refractivity contribution < 1.29 is 0 Å². The number of anilines is 1. The number of rotatable bonds is 2. The average Bonchev–Trinajstić information content (AvgIpc) is 2.53. The highest BCUT2D eigenvalue weighted by Gasteiger charge is 2.24. The Bertz CT molecular complexity index is 727. The third kappa shape index (κ3) is 2.75. The summed E-state index contributed by atoms with van der Waals surface area (Å²) in [6.45, 7) is 1.90. The van der Waals surface area contributed by atoms with Gasteiger partial charge in [-0.25, -0.2) is 0 Å². The molecule has 0 radical (unpaired) electrons. The van der Waals surface area contributed by atoms with Gasteiger partial charge in [0.1, 0.15) is 6.07 Å². The molecule has 2 heterocycles. The number of hydrogen-bond donors (Lipinski definition) is 0. The van der Waals surface area contributed by atoms with Gasteiger partial charge in [0.15, 0.2) is 0 Å². The van der Waals surface area contributed by atoms with Crippen LogP contribution >= 0.6 is 11.6 Å². The minimum absolute atomic E-state index is 0.610. The van der Waals surface area contributed by atoms with E-state index >= 15 is 0 Å². The van der Waals surface area contributed by atoms with Crippen molar-refractivity contribution in [1.82, 2.24) is 9.88 Å². The van der Waals surface area contributed by atoms with E-state index in [1.54, 1.807) is 6.20 Å². The molecule has 0 N–H and O–H groups in total. The first-order valence-electron chi connectivity index (χ1n) is 7.50. The van der Waals surface area contributed by atoms with Crippen LogP contribution in [0, 0.1) is 11.3 Å². The normalized spacial score (nSPS) is 16.2. The van der Waals surface area contributed by atoms with Crippen LogP contribution in [-0.2, 0) is 0 Å². The summed E-state index contributed by atoms with van der Waals surface area (Å²) in [5, 5.41) is 11.1. The minimum Gasteiger partial charge on any atom is -0.370 e. The predicted molar refractivity (Wildman–Crippen MR) is 90.4 cm³/mol. The molecule has 5 heteroatoms. The van der Waals surface area contributed by atoms with E-state index in [-0.39, 0.29) is 0 Å². The molecule has 1 aliphatic heterocycles. The Hall–Kier alpha value is -1.83. The van der Waals surface area contributed by atoms with E-state index in [1.807, 2.05) is 18.2 Å². The lowest BCUT2D eigenvalue weighted by Crippen LogP contribution is -2.42. The van der Waals surface area contributed by atoms with E-state index in [1.165, 1.54) is 0 Å². The molecule has 1 aromatic carbocycles. The van der Waals surface area contributed by atoms with Gasteiger partial charge >= 0.3 is 0 Å². The summed E-state index contributed by atoms with van der Waals surface area (Å²) in [4.78, 5) is 8.96. The number of nitrogens with zero attached hydrogens (tertiary/aromatic N) is 4. The summed E-state index contributed by atoms with van der Waals surface area (Å²) in [7, 11) is 4.26. The topological polar surface area (TPSA) is 43.2 Å². The van der Waals surface area contributed by atoms with E-state index in [0.29, 0.717) is 16.6 Å². The molecule has 22 heavy (non-hydrogen) atoms. The molecule has 1 saturated heterocycles. The number of hydrogen-bond acceptors (Lipinski definition) is 4. The number of piperidine rings is 1. The summed E-state index contributed by atoms with van der Waals surface area (Å²) in [5.74, 6) is 0. The Morgan fingerprint density at radius 3 is 2.68 bits per heavy atom. The fourth-order valence-corrected chi connectivity index (χ4v) is 3.35. The molecule has 0 amide bonds. The van der Waals surface area contributed by atoms with Crippen LogP contribution in [0.3, 0.4) is 0 Å². The molecule has 1 aliphatic rings. The maximum Gasteiger partial charge on any atom is 0.103 e. The first-order valence-corrected chi connectivity index (χ1v) is 7.87. The number of halogens is 1. The highest BCUT2D eigenvalue weighted by atomic mass is 35.5. The number of nitriles is 1. The zero-order valence-corrected chi connectivity index (χ0v) is 13.6. The molecule has 0 spiro atoms. The van der Waals surface area contributed by atoms with Crippen molar-refractivity contribution in [1.29, 1.82) is 5.26 Å². The third-order valence-corrected chi connectivity index (χ3v) is 4.67. The van der Waals surface area contributed by atoms with Crippen LogP contribution < -0.4 is 4.90 Å². The maximum atomic E-state index is 9.46. The average molecular weight is 315 g/mol. The molecule has 0 unspecified atom stereocenters. The van der Waals surface area contributed by atoms with Crippen molar-refractivity contribution in [2.45, 2.75) is 18.9 Å². The lowest BCUT2D eigenvalue weighted by Gasteiger charge is -2.37. The number of aromatic nitrogens is 1. The molecular formula is C17H19ClN4. The maximum absolute atomic E-state index is 9.46. The van der Waals surface area contributed by atoms with Gasteiger partial charge in [-0.05, 0) is 45.1 Å². The molecule has 114 valence electrons. The number of fused-ring (bicyclic) bond motifs is 1. The van der Waals surface area contributed by atoms with Gasteiger partial charge in [-0.3, -0.25) is 4.98 Å². The summed E-state index contributed by atoms with van der Waals surface area (Å²) in [6.07, 6.45) is 3.87. The SMILES string of the molecule is CN(C)C1CCN(c2c(C#N)cnc3ccc(Cl)cc23)CC1. The smallest absolute Gasteiger partial charge is 0.103 e. The predicted octanol–water partition coefficient (Wildman–Crippen LogP) is 3.29. The van der Waals surface area contributed by atoms with Crippen LogP contribution in [0.1, 0.15) is 18.4 Å². The number of pyridine rings is 1. The Morgan fingerprint density at radius 2 is 2.05 bits per heavy atom. The largest absolute Gasteiger partial charge is 0.370 e. The van der Waals surface area contributed by atoms with Gasteiger partial charge in [0.2, 0.25) is 0 Å². The molecule has 1 aromatic heterocycles. The summed E-state index contributed by atoms with van der Waals surface area (Å²) in [6, 6.07) is 8.56. The third-order valence-electron chi connectivity index (χ3n) is 4.43. The van der Waals surface area contributed by atoms with Gasteiger partial charge in [-0.15, -0.1) is 0 Å². The Balaban J connectivity index is 2.02. The molecule has 0 bridgehead atoms. The Kier molecular flexibility index (Phi) is 4.19. The van der Waals surface area contributed by atoms with E-state index in [2.05, 4.69) is 34.9 Å². The minimum atomic E-state index is 0.610. The van der Waals surface area contributed by atoms with Crippen LogP contribution in [-0.4, -0.2) is 43.1 Å². The van der Waals surface area contributed by atoms with Gasteiger partial charge in [0.25, 0.3) is 0 Å². The first kappa shape index (κ1) is 15.1. The van der Waals surface area contributed by atoms with Gasteiger partial charge in [0, 0.05) is 35.7 Å². The molecule has 0 saturated carbocycles. The lowest BCUT2D eigenvalue weighted by molar-refractivity contribution is 0.250. The summed E-state index contributed by atoms with van der Waals surface area (Å²) >= 11 is 6.15. The standard InChI is InChI=1S/C17H19ClN4/c1-21(2)14-5-7-22(8-6-14)17-12(10-19)11-20-16-4-3-13(18)9-15(16)17/h3-4,9,11,14H,5-8H2,1-2H3. The summed E-state index contributed by atoms with van der Waals surface area (Å²) in [5.41, 5.74) is 2.48. The second kappa shape index (κ2) is 6.12. The molecule has 3 rings (SSSR count). The van der Waals surface area contributed by atoms with Crippen LogP contribution in [0.4, 0.5) is 5.69 Å². The van der Waals surface area contributed by atoms with E-state index < -0.39 is 0 Å². The first-order chi connectivity index (χ1) is 10.6. The van der Waals surface area contributed by atoms with Gasteiger partial charge in [0.05, 0.1) is 16.8 Å². The fraction of sp³-hybridized carbons (Fsp3) is 0.412. The zero-order chi connectivity index (χ0) is 15.7. The highest BCUT2D eigenvalue weighted by molar-refractivity contribution is 6.31. The monoisotopic (exact) mass is 314 g/mol. The quantitative estimate of drug-likeness (QED) is 0.853. The van der Waals surface area contributed by atoms with Gasteiger partial charge in [-0.2, -0.15) is 5.26 Å². The van der Waals surface area contributed by atoms with E-state index in [9.17, 15) is 5.26 Å². The molecule has 0 atom stereocenters. The zero-order valence-electron chi connectivity index (χ0n) is 12.9. The van der Waals surface area contributed by atoms with Crippen molar-refractivity contribution >= 4 is 28.2 Å². The molecular weight excluding hydrogens is 296 g/mol. The van der Waals surface area contributed by atoms with Crippen molar-refractivity contribution in [3.63, 3.8) is 0 Å². The second-order valence-corrected chi connectivity index (χ2v) is 6.41.